The summed E-state index contributed by atoms with van der Waals surface area (Å²) in [5.41, 5.74) is 0.00429. The molecule has 156 valence electrons. The zero-order valence-electron chi connectivity index (χ0n) is 17.4. The van der Waals surface area contributed by atoms with Crippen LogP contribution in [0.2, 0.25) is 0 Å². The van der Waals surface area contributed by atoms with E-state index >= 15 is 0 Å². The molecule has 2 aromatic rings. The van der Waals surface area contributed by atoms with Crippen molar-refractivity contribution in [3.63, 3.8) is 0 Å². The number of likely N-dealkylation sites (N-methyl/N-ethyl adjacent to an activating group) is 1. The minimum absolute atomic E-state index is 0.169. The highest BCUT2D eigenvalue weighted by atomic mass is 19.1. The number of carbonyl (C=O) groups is 2. The van der Waals surface area contributed by atoms with Gasteiger partial charge in [-0.3, -0.25) is 4.79 Å². The molecule has 0 unspecified atom stereocenters. The first-order chi connectivity index (χ1) is 13.6. The van der Waals surface area contributed by atoms with Crippen LogP contribution in [0, 0.1) is 5.82 Å². The fraction of sp³-hybridized carbons (Fsp3) is 0.429. The molecular formula is C21H27FN4O3. The number of amides is 2. The van der Waals surface area contributed by atoms with E-state index in [9.17, 15) is 14.0 Å². The normalized spacial score (nSPS) is 12.2. The highest BCUT2D eigenvalue weighted by Crippen LogP contribution is 2.23. The summed E-state index contributed by atoms with van der Waals surface area (Å²) >= 11 is 0. The van der Waals surface area contributed by atoms with E-state index in [-0.39, 0.29) is 24.1 Å². The molecule has 2 rings (SSSR count). The minimum Gasteiger partial charge on any atom is -0.444 e. The van der Waals surface area contributed by atoms with Crippen LogP contribution in [0.3, 0.4) is 0 Å². The van der Waals surface area contributed by atoms with Crippen LogP contribution in [-0.4, -0.2) is 51.6 Å². The number of hydrogen-bond donors (Lipinski definition) is 1. The number of halogens is 1. The van der Waals surface area contributed by atoms with Gasteiger partial charge in [0, 0.05) is 37.1 Å². The number of carbonyl (C=O) groups excluding carboxylic acids is 2. The van der Waals surface area contributed by atoms with Crippen LogP contribution < -0.4 is 5.32 Å². The maximum Gasteiger partial charge on any atom is 0.407 e. The van der Waals surface area contributed by atoms with E-state index in [4.69, 9.17) is 4.74 Å². The fourth-order valence-corrected chi connectivity index (χ4v) is 2.79. The zero-order valence-corrected chi connectivity index (χ0v) is 17.4. The second-order valence-corrected chi connectivity index (χ2v) is 7.59. The molecule has 0 bridgehead atoms. The van der Waals surface area contributed by atoms with Gasteiger partial charge in [-0.05, 0) is 58.9 Å². The van der Waals surface area contributed by atoms with E-state index in [1.807, 2.05) is 6.92 Å². The lowest BCUT2D eigenvalue weighted by atomic mass is 10.0. The third-order valence-corrected chi connectivity index (χ3v) is 4.09. The Balaban J connectivity index is 2.21. The zero-order chi connectivity index (χ0) is 21.6. The molecule has 1 atom stereocenters. The minimum atomic E-state index is -0.611. The Hall–Kier alpha value is -3.03. The van der Waals surface area contributed by atoms with Gasteiger partial charge in [-0.1, -0.05) is 0 Å². The van der Waals surface area contributed by atoms with Gasteiger partial charge in [-0.25, -0.2) is 19.2 Å². The Bertz CT molecular complexity index is 853. The first-order valence-corrected chi connectivity index (χ1v) is 9.47. The molecule has 0 aliphatic carbocycles. The van der Waals surface area contributed by atoms with Gasteiger partial charge in [0.25, 0.3) is 5.91 Å². The number of rotatable bonds is 6. The molecule has 8 heteroatoms. The van der Waals surface area contributed by atoms with Crippen LogP contribution in [0.15, 0.2) is 36.7 Å². The monoisotopic (exact) mass is 402 g/mol. The highest BCUT2D eigenvalue weighted by molar-refractivity contribution is 6.00. The van der Waals surface area contributed by atoms with Gasteiger partial charge in [0.1, 0.15) is 11.4 Å². The second kappa shape index (κ2) is 9.45. The standard InChI is InChI=1S/C21H27FN4O3/c1-6-26(14(2)13-25-20(28)29-21(3,4)5)19(27)17-12-15(22)8-9-16(17)18-23-10-7-11-24-18/h7-12,14H,6,13H2,1-5H3,(H,25,28)/t14-/m0/s1. The van der Waals surface area contributed by atoms with E-state index in [0.29, 0.717) is 17.9 Å². The molecular weight excluding hydrogens is 375 g/mol. The van der Waals surface area contributed by atoms with Gasteiger partial charge < -0.3 is 15.0 Å². The Morgan fingerprint density at radius 3 is 2.48 bits per heavy atom. The van der Waals surface area contributed by atoms with E-state index in [2.05, 4.69) is 15.3 Å². The predicted molar refractivity (Wildman–Crippen MR) is 108 cm³/mol. The van der Waals surface area contributed by atoms with Crippen molar-refractivity contribution in [2.45, 2.75) is 46.3 Å². The molecule has 0 aliphatic heterocycles. The molecule has 1 N–H and O–H groups in total. The van der Waals surface area contributed by atoms with Gasteiger partial charge in [-0.2, -0.15) is 0 Å². The van der Waals surface area contributed by atoms with Crippen molar-refractivity contribution in [1.29, 1.82) is 0 Å². The van der Waals surface area contributed by atoms with Crippen LogP contribution in [0.25, 0.3) is 11.4 Å². The molecule has 1 aromatic carbocycles. The topological polar surface area (TPSA) is 84.4 Å². The second-order valence-electron chi connectivity index (χ2n) is 7.59. The van der Waals surface area contributed by atoms with Crippen molar-refractivity contribution in [2.75, 3.05) is 13.1 Å². The third-order valence-electron chi connectivity index (χ3n) is 4.09. The molecule has 0 saturated carbocycles. The lowest BCUT2D eigenvalue weighted by Crippen LogP contribution is -2.46. The van der Waals surface area contributed by atoms with E-state index in [1.165, 1.54) is 18.2 Å². The fourth-order valence-electron chi connectivity index (χ4n) is 2.79. The number of ether oxygens (including phenoxy) is 1. The van der Waals surface area contributed by atoms with Crippen molar-refractivity contribution in [2.24, 2.45) is 0 Å². The molecule has 0 aliphatic rings. The van der Waals surface area contributed by atoms with Crippen molar-refractivity contribution >= 4 is 12.0 Å². The van der Waals surface area contributed by atoms with E-state index < -0.39 is 17.5 Å². The number of hydrogen-bond acceptors (Lipinski definition) is 5. The van der Waals surface area contributed by atoms with Crippen LogP contribution in [0.1, 0.15) is 45.0 Å². The number of alkyl carbamates (subject to hydrolysis) is 1. The Morgan fingerprint density at radius 1 is 1.24 bits per heavy atom. The summed E-state index contributed by atoms with van der Waals surface area (Å²) < 4.78 is 19.1. The summed E-state index contributed by atoms with van der Waals surface area (Å²) in [5.74, 6) is -0.553. The number of nitrogens with one attached hydrogen (secondary N) is 1. The molecule has 7 nitrogen and oxygen atoms in total. The molecule has 0 spiro atoms. The smallest absolute Gasteiger partial charge is 0.407 e. The molecule has 0 fully saturated rings. The van der Waals surface area contributed by atoms with Gasteiger partial charge in [-0.15, -0.1) is 0 Å². The van der Waals surface area contributed by atoms with Gasteiger partial charge >= 0.3 is 6.09 Å². The molecule has 0 saturated heterocycles. The molecule has 29 heavy (non-hydrogen) atoms. The molecule has 2 amide bonds. The highest BCUT2D eigenvalue weighted by Gasteiger charge is 2.25. The van der Waals surface area contributed by atoms with Crippen LogP contribution in [0.4, 0.5) is 9.18 Å². The van der Waals surface area contributed by atoms with Crippen LogP contribution >= 0.6 is 0 Å². The first-order valence-electron chi connectivity index (χ1n) is 9.47. The third kappa shape index (κ3) is 6.23. The number of nitrogens with zero attached hydrogens (tertiary/aromatic N) is 3. The first kappa shape index (κ1) is 22.3. The van der Waals surface area contributed by atoms with Crippen molar-refractivity contribution < 1.29 is 18.7 Å². The molecule has 1 aromatic heterocycles. The Morgan fingerprint density at radius 2 is 1.90 bits per heavy atom. The summed E-state index contributed by atoms with van der Waals surface area (Å²) in [4.78, 5) is 35.0. The summed E-state index contributed by atoms with van der Waals surface area (Å²) in [7, 11) is 0. The summed E-state index contributed by atoms with van der Waals surface area (Å²) in [6.45, 7) is 9.51. The quantitative estimate of drug-likeness (QED) is 0.797. The number of benzene rings is 1. The summed E-state index contributed by atoms with van der Waals surface area (Å²) in [5, 5.41) is 2.66. The van der Waals surface area contributed by atoms with Crippen LogP contribution in [-0.2, 0) is 4.74 Å². The number of aromatic nitrogens is 2. The summed E-state index contributed by atoms with van der Waals surface area (Å²) in [6.07, 6.45) is 2.56. The van der Waals surface area contributed by atoms with Crippen molar-refractivity contribution in [3.8, 4) is 11.4 Å². The van der Waals surface area contributed by atoms with Gasteiger partial charge in [0.15, 0.2) is 5.82 Å². The SMILES string of the molecule is CCN(C(=O)c1cc(F)ccc1-c1ncccn1)[C@@H](C)CNC(=O)OC(C)(C)C. The predicted octanol–water partition coefficient (Wildman–Crippen LogP) is 3.66. The summed E-state index contributed by atoms with van der Waals surface area (Å²) in [6, 6.07) is 5.27. The lowest BCUT2D eigenvalue weighted by molar-refractivity contribution is 0.0494. The van der Waals surface area contributed by atoms with E-state index in [0.717, 1.165) is 0 Å². The largest absolute Gasteiger partial charge is 0.444 e. The van der Waals surface area contributed by atoms with Gasteiger partial charge in [0.05, 0.1) is 5.56 Å². The lowest BCUT2D eigenvalue weighted by Gasteiger charge is -2.29. The molecule has 1 heterocycles. The Labute approximate surface area is 170 Å². The van der Waals surface area contributed by atoms with E-state index in [1.54, 1.807) is 51.1 Å². The van der Waals surface area contributed by atoms with Crippen molar-refractivity contribution in [1.82, 2.24) is 20.2 Å². The maximum absolute atomic E-state index is 13.9. The maximum atomic E-state index is 13.9. The average Bonchev–Trinajstić information content (AvgIpc) is 2.66. The Kier molecular flexibility index (Phi) is 7.25. The average molecular weight is 402 g/mol. The van der Waals surface area contributed by atoms with Crippen LogP contribution in [0.5, 0.6) is 0 Å². The molecule has 0 radical (unpaired) electrons. The van der Waals surface area contributed by atoms with Gasteiger partial charge in [0.2, 0.25) is 0 Å². The van der Waals surface area contributed by atoms with Crippen molar-refractivity contribution in [3.05, 3.63) is 48.0 Å².